The summed E-state index contributed by atoms with van der Waals surface area (Å²) in [6, 6.07) is 6.75. The Balaban J connectivity index is 1.43. The first-order chi connectivity index (χ1) is 17.7. The second-order valence-corrected chi connectivity index (χ2v) is 9.05. The lowest BCUT2D eigenvalue weighted by molar-refractivity contribution is -0.119. The molecule has 0 saturated heterocycles. The van der Waals surface area contributed by atoms with Crippen molar-refractivity contribution in [1.29, 1.82) is 0 Å². The van der Waals surface area contributed by atoms with Crippen LogP contribution < -0.4 is 25.7 Å². The summed E-state index contributed by atoms with van der Waals surface area (Å²) in [5.41, 5.74) is -0.0156. The van der Waals surface area contributed by atoms with E-state index in [1.165, 1.54) is 38.3 Å². The first kappa shape index (κ1) is 26.1. The quantitative estimate of drug-likeness (QED) is 0.403. The van der Waals surface area contributed by atoms with E-state index in [4.69, 9.17) is 9.47 Å². The minimum atomic E-state index is -0.709. The lowest BCUT2D eigenvalue weighted by Crippen LogP contribution is -2.30. The molecule has 2 amide bonds. The number of aromatic amines is 1. The molecule has 2 atom stereocenters. The first-order valence-electron chi connectivity index (χ1n) is 12.0. The van der Waals surface area contributed by atoms with Crippen molar-refractivity contribution in [1.82, 2.24) is 20.6 Å². The van der Waals surface area contributed by atoms with Crippen molar-refractivity contribution in [2.75, 3.05) is 13.7 Å². The number of methoxy groups -OCH3 is 1. The third-order valence-electron chi connectivity index (χ3n) is 6.38. The number of nitrogens with one attached hydrogen (secondary N) is 3. The molecule has 1 aromatic heterocycles. The highest BCUT2D eigenvalue weighted by Gasteiger charge is 2.25. The predicted octanol–water partition coefficient (Wildman–Crippen LogP) is 3.21. The lowest BCUT2D eigenvalue weighted by atomic mass is 10.0. The van der Waals surface area contributed by atoms with E-state index in [9.17, 15) is 23.2 Å². The lowest BCUT2D eigenvalue weighted by Gasteiger charge is -2.14. The molecule has 0 spiro atoms. The van der Waals surface area contributed by atoms with Gasteiger partial charge in [0.2, 0.25) is 5.91 Å². The molecule has 2 unspecified atom stereocenters. The maximum atomic E-state index is 14.6. The second kappa shape index (κ2) is 11.4. The van der Waals surface area contributed by atoms with Crippen molar-refractivity contribution < 1.29 is 27.8 Å². The van der Waals surface area contributed by atoms with Crippen molar-refractivity contribution >= 4 is 22.7 Å². The van der Waals surface area contributed by atoms with Crippen LogP contribution in [0.2, 0.25) is 0 Å². The first-order valence-corrected chi connectivity index (χ1v) is 12.0. The number of nitrogens with zero attached hydrogens (tertiary/aromatic N) is 1. The van der Waals surface area contributed by atoms with E-state index in [2.05, 4.69) is 20.6 Å². The Morgan fingerprint density at radius 1 is 1.16 bits per heavy atom. The highest BCUT2D eigenvalue weighted by atomic mass is 19.1. The van der Waals surface area contributed by atoms with Crippen LogP contribution in [0.1, 0.15) is 48.8 Å². The highest BCUT2D eigenvalue weighted by Crippen LogP contribution is 2.30. The molecular weight excluding hydrogens is 486 g/mol. The summed E-state index contributed by atoms with van der Waals surface area (Å²) in [6.07, 6.45) is 3.28. The van der Waals surface area contributed by atoms with E-state index in [1.54, 1.807) is 0 Å². The molecule has 0 aliphatic heterocycles. The number of amides is 2. The van der Waals surface area contributed by atoms with Gasteiger partial charge in [-0.05, 0) is 61.4 Å². The van der Waals surface area contributed by atoms with Crippen molar-refractivity contribution in [3.8, 4) is 11.5 Å². The monoisotopic (exact) mass is 514 g/mol. The molecule has 9 nitrogen and oxygen atoms in total. The van der Waals surface area contributed by atoms with Gasteiger partial charge >= 0.3 is 0 Å². The summed E-state index contributed by atoms with van der Waals surface area (Å²) in [6.45, 7) is 1.72. The van der Waals surface area contributed by atoms with Crippen LogP contribution in [0.15, 0.2) is 35.1 Å². The van der Waals surface area contributed by atoms with Gasteiger partial charge in [0.15, 0.2) is 29.0 Å². The Hall–Kier alpha value is -4.02. The largest absolute Gasteiger partial charge is 0.494 e. The zero-order valence-corrected chi connectivity index (χ0v) is 20.5. The van der Waals surface area contributed by atoms with Crippen molar-refractivity contribution in [2.24, 2.45) is 5.92 Å². The second-order valence-electron chi connectivity index (χ2n) is 9.05. The summed E-state index contributed by atoms with van der Waals surface area (Å²) < 4.78 is 38.8. The van der Waals surface area contributed by atoms with Crippen LogP contribution in [-0.2, 0) is 11.3 Å². The van der Waals surface area contributed by atoms with E-state index in [-0.39, 0.29) is 53.3 Å². The number of hydrogen-bond donors (Lipinski definition) is 3. The van der Waals surface area contributed by atoms with E-state index in [0.717, 1.165) is 25.3 Å². The van der Waals surface area contributed by atoms with Crippen molar-refractivity contribution in [3.05, 3.63) is 63.7 Å². The molecule has 11 heteroatoms. The highest BCUT2D eigenvalue weighted by molar-refractivity contribution is 5.93. The molecule has 1 heterocycles. The zero-order valence-electron chi connectivity index (χ0n) is 20.5. The van der Waals surface area contributed by atoms with Crippen LogP contribution in [0.25, 0.3) is 10.9 Å². The molecule has 2 aromatic carbocycles. The van der Waals surface area contributed by atoms with Crippen molar-refractivity contribution in [3.63, 3.8) is 0 Å². The number of halogens is 2. The molecule has 3 N–H and O–H groups in total. The van der Waals surface area contributed by atoms with Gasteiger partial charge in [-0.1, -0.05) is 6.07 Å². The molecule has 4 rings (SSSR count). The van der Waals surface area contributed by atoms with Crippen LogP contribution in [0.5, 0.6) is 11.5 Å². The Morgan fingerprint density at radius 2 is 1.95 bits per heavy atom. The molecule has 1 aliphatic rings. The molecule has 1 saturated carbocycles. The maximum absolute atomic E-state index is 14.6. The number of carbonyl (C=O) groups excluding carboxylic acids is 2. The average molecular weight is 515 g/mol. The Kier molecular flexibility index (Phi) is 8.00. The Labute approximate surface area is 211 Å². The number of carbonyl (C=O) groups is 2. The third-order valence-corrected chi connectivity index (χ3v) is 6.38. The molecule has 0 bridgehead atoms. The van der Waals surface area contributed by atoms with Gasteiger partial charge in [0.25, 0.3) is 11.5 Å². The Morgan fingerprint density at radius 3 is 2.70 bits per heavy atom. The normalized spacial score (nSPS) is 17.0. The van der Waals surface area contributed by atoms with Crippen molar-refractivity contribution in [2.45, 2.75) is 45.2 Å². The summed E-state index contributed by atoms with van der Waals surface area (Å²) >= 11 is 0. The average Bonchev–Trinajstić information content (AvgIpc) is 3.30. The van der Waals surface area contributed by atoms with Gasteiger partial charge in [-0.2, -0.15) is 0 Å². The maximum Gasteiger partial charge on any atom is 0.287 e. The standard InChI is InChI=1S/C26H28F2N4O5/c1-14(33)30-17-5-3-15(11-17)9-10-37-23-19(28)7-8-20-22(23)25(34)32-24(31-20)26(35)29-13-16-4-6-18(27)21(12-16)36-2/h4,6-8,12,15,17H,3,5,9-11,13H2,1-2H3,(H,29,35)(H,30,33)(H,31,32,34). The number of fused-ring (bicyclic) bond motifs is 1. The summed E-state index contributed by atoms with van der Waals surface area (Å²) in [4.78, 5) is 43.3. The molecule has 0 radical (unpaired) electrons. The number of ether oxygens (including phenoxy) is 2. The minimum absolute atomic E-state index is 0.0406. The third kappa shape index (κ3) is 6.22. The smallest absolute Gasteiger partial charge is 0.287 e. The SMILES string of the molecule is COc1cc(CNC(=O)c2nc3ccc(F)c(OCCC4CCC(NC(C)=O)C4)c3c(=O)[nH]2)ccc1F. The number of benzene rings is 2. The molecule has 1 fully saturated rings. The molecule has 196 valence electrons. The van der Waals surface area contributed by atoms with Crippen LogP contribution in [0, 0.1) is 17.6 Å². The van der Waals surface area contributed by atoms with E-state index in [1.807, 2.05) is 0 Å². The fraction of sp³-hybridized carbons (Fsp3) is 0.385. The number of rotatable bonds is 9. The number of aromatic nitrogens is 2. The van der Waals surface area contributed by atoms with Crippen LogP contribution in [0.3, 0.4) is 0 Å². The predicted molar refractivity (Wildman–Crippen MR) is 132 cm³/mol. The van der Waals surface area contributed by atoms with Gasteiger partial charge < -0.3 is 25.1 Å². The van der Waals surface area contributed by atoms with E-state index < -0.39 is 23.1 Å². The summed E-state index contributed by atoms with van der Waals surface area (Å²) in [5, 5.41) is 5.44. The summed E-state index contributed by atoms with van der Waals surface area (Å²) in [5.74, 6) is -2.06. The van der Waals surface area contributed by atoms with Gasteiger partial charge in [-0.15, -0.1) is 0 Å². The molecule has 3 aromatic rings. The van der Waals surface area contributed by atoms with E-state index in [0.29, 0.717) is 17.9 Å². The molecule has 1 aliphatic carbocycles. The Bertz CT molecular complexity index is 1380. The van der Waals surface area contributed by atoms with Gasteiger partial charge in [-0.25, -0.2) is 13.8 Å². The summed E-state index contributed by atoms with van der Waals surface area (Å²) in [7, 11) is 1.34. The molecular formula is C26H28F2N4O5. The van der Waals surface area contributed by atoms with Gasteiger partial charge in [0.1, 0.15) is 5.39 Å². The minimum Gasteiger partial charge on any atom is -0.494 e. The number of H-pyrrole nitrogens is 1. The number of hydrogen-bond acceptors (Lipinski definition) is 6. The van der Waals surface area contributed by atoms with Crippen LogP contribution >= 0.6 is 0 Å². The fourth-order valence-electron chi connectivity index (χ4n) is 4.59. The topological polar surface area (TPSA) is 122 Å². The van der Waals surface area contributed by atoms with Crippen LogP contribution in [-0.4, -0.2) is 41.5 Å². The molecule has 37 heavy (non-hydrogen) atoms. The van der Waals surface area contributed by atoms with Gasteiger partial charge in [-0.3, -0.25) is 14.4 Å². The van der Waals surface area contributed by atoms with Gasteiger partial charge in [0.05, 0.1) is 19.2 Å². The van der Waals surface area contributed by atoms with E-state index >= 15 is 0 Å². The zero-order chi connectivity index (χ0) is 26.5. The fourth-order valence-corrected chi connectivity index (χ4v) is 4.59. The van der Waals surface area contributed by atoms with Gasteiger partial charge in [0, 0.05) is 19.5 Å². The van der Waals surface area contributed by atoms with Crippen LogP contribution in [0.4, 0.5) is 8.78 Å².